The van der Waals surface area contributed by atoms with Crippen LogP contribution in [-0.2, 0) is 9.53 Å². The fourth-order valence-corrected chi connectivity index (χ4v) is 5.19. The van der Waals surface area contributed by atoms with Gasteiger partial charge in [0.15, 0.2) is 0 Å². The monoisotopic (exact) mass is 446 g/mol. The van der Waals surface area contributed by atoms with Gasteiger partial charge in [-0.2, -0.15) is 0 Å². The van der Waals surface area contributed by atoms with Crippen molar-refractivity contribution in [3.05, 3.63) is 24.3 Å². The second kappa shape index (κ2) is 12.6. The molecule has 1 heterocycles. The number of carbonyl (C=O) groups excluding carboxylic acids is 1. The molecule has 0 unspecified atom stereocenters. The zero-order chi connectivity index (χ0) is 23.7. The molecule has 0 aliphatic carbocycles. The molecule has 1 fully saturated rings. The number of rotatable bonds is 12. The van der Waals surface area contributed by atoms with E-state index in [1.165, 1.54) is 6.42 Å². The van der Waals surface area contributed by atoms with Crippen LogP contribution in [0.1, 0.15) is 67.7 Å². The van der Waals surface area contributed by atoms with Crippen LogP contribution in [0, 0.1) is 23.7 Å². The van der Waals surface area contributed by atoms with Crippen LogP contribution in [0.15, 0.2) is 24.3 Å². The van der Waals surface area contributed by atoms with Crippen molar-refractivity contribution in [2.75, 3.05) is 38.2 Å². The number of amides is 1. The molecule has 1 N–H and O–H groups in total. The van der Waals surface area contributed by atoms with Crippen molar-refractivity contribution >= 4 is 11.6 Å². The summed E-state index contributed by atoms with van der Waals surface area (Å²) in [5.41, 5.74) is -0.0211. The van der Waals surface area contributed by atoms with Gasteiger partial charge in [-0.15, -0.1) is 0 Å². The Balaban J connectivity index is 1.93. The summed E-state index contributed by atoms with van der Waals surface area (Å²) < 4.78 is 12.1. The summed E-state index contributed by atoms with van der Waals surface area (Å²) in [5, 5.41) is 3.10. The number of benzene rings is 1. The Hall–Kier alpha value is -1.59. The highest BCUT2D eigenvalue weighted by atomic mass is 16.5. The predicted octanol–water partition coefficient (Wildman–Crippen LogP) is 5.85. The van der Waals surface area contributed by atoms with Gasteiger partial charge in [0.1, 0.15) is 18.0 Å². The standard InChI is InChI=1S/C27H46N2O3/c1-8-32-27(16-20(2)3,17-21(4)5)26(30)28-24-9-11-25(12-10-24)31-14-13-29-18-22(6)15-23(7)19-29/h9-12,20-23H,8,13-19H2,1-7H3,(H,28,30)/t22-,23-/m0/s1. The maximum Gasteiger partial charge on any atom is 0.256 e. The van der Waals surface area contributed by atoms with Crippen LogP contribution in [0.4, 0.5) is 5.69 Å². The summed E-state index contributed by atoms with van der Waals surface area (Å²) in [4.78, 5) is 15.8. The molecule has 0 saturated carbocycles. The normalized spacial score (nSPS) is 20.0. The third-order valence-electron chi connectivity index (χ3n) is 6.04. The number of anilines is 1. The molecule has 1 aromatic carbocycles. The molecular formula is C27H46N2O3. The summed E-state index contributed by atoms with van der Waals surface area (Å²) in [6, 6.07) is 7.70. The lowest BCUT2D eigenvalue weighted by molar-refractivity contribution is -0.146. The van der Waals surface area contributed by atoms with E-state index in [2.05, 4.69) is 51.8 Å². The zero-order valence-electron chi connectivity index (χ0n) is 21.4. The fourth-order valence-electron chi connectivity index (χ4n) is 5.19. The first-order chi connectivity index (χ1) is 15.1. The Morgan fingerprint density at radius 1 is 1.06 bits per heavy atom. The van der Waals surface area contributed by atoms with Crippen molar-refractivity contribution in [2.24, 2.45) is 23.7 Å². The fraction of sp³-hybridized carbons (Fsp3) is 0.741. The van der Waals surface area contributed by atoms with E-state index in [1.807, 2.05) is 31.2 Å². The molecule has 2 rings (SSSR count). The van der Waals surface area contributed by atoms with Crippen LogP contribution >= 0.6 is 0 Å². The molecule has 0 aromatic heterocycles. The van der Waals surface area contributed by atoms with Crippen LogP contribution in [0.25, 0.3) is 0 Å². The molecule has 5 heteroatoms. The molecule has 2 atom stereocenters. The smallest absolute Gasteiger partial charge is 0.256 e. The summed E-state index contributed by atoms with van der Waals surface area (Å²) in [6.45, 7) is 19.6. The molecule has 182 valence electrons. The van der Waals surface area contributed by atoms with Gasteiger partial charge in [-0.25, -0.2) is 0 Å². The molecule has 0 bridgehead atoms. The average Bonchev–Trinajstić information content (AvgIpc) is 2.67. The second-order valence-corrected chi connectivity index (χ2v) is 10.7. The molecule has 1 amide bonds. The van der Waals surface area contributed by atoms with Crippen molar-refractivity contribution in [2.45, 2.75) is 73.3 Å². The van der Waals surface area contributed by atoms with Gasteiger partial charge >= 0.3 is 0 Å². The van der Waals surface area contributed by atoms with Gasteiger partial charge in [-0.1, -0.05) is 41.5 Å². The average molecular weight is 447 g/mol. The van der Waals surface area contributed by atoms with E-state index in [-0.39, 0.29) is 5.91 Å². The SMILES string of the molecule is CCOC(CC(C)C)(CC(C)C)C(=O)Nc1ccc(OCCN2C[C@@H](C)C[C@H](C)C2)cc1. The Kier molecular flexibility index (Phi) is 10.5. The zero-order valence-corrected chi connectivity index (χ0v) is 21.4. The predicted molar refractivity (Wildman–Crippen MR) is 133 cm³/mol. The van der Waals surface area contributed by atoms with Crippen LogP contribution < -0.4 is 10.1 Å². The minimum Gasteiger partial charge on any atom is -0.492 e. The van der Waals surface area contributed by atoms with Crippen LogP contribution in [0.5, 0.6) is 5.75 Å². The summed E-state index contributed by atoms with van der Waals surface area (Å²) in [7, 11) is 0. The number of piperidine rings is 1. The molecular weight excluding hydrogens is 400 g/mol. The highest BCUT2D eigenvalue weighted by Crippen LogP contribution is 2.31. The van der Waals surface area contributed by atoms with Crippen molar-refractivity contribution in [1.82, 2.24) is 4.90 Å². The number of carbonyl (C=O) groups is 1. The molecule has 32 heavy (non-hydrogen) atoms. The van der Waals surface area contributed by atoms with Gasteiger partial charge in [-0.05, 0) is 74.1 Å². The number of hydrogen-bond acceptors (Lipinski definition) is 4. The molecule has 0 radical (unpaired) electrons. The lowest BCUT2D eigenvalue weighted by Gasteiger charge is -2.35. The summed E-state index contributed by atoms with van der Waals surface area (Å²) in [5.74, 6) is 3.04. The topological polar surface area (TPSA) is 50.8 Å². The minimum atomic E-state index is -0.797. The van der Waals surface area contributed by atoms with E-state index in [0.29, 0.717) is 37.9 Å². The Bertz CT molecular complexity index is 667. The minimum absolute atomic E-state index is 0.0521. The van der Waals surface area contributed by atoms with Crippen molar-refractivity contribution in [3.63, 3.8) is 0 Å². The third-order valence-corrected chi connectivity index (χ3v) is 6.04. The highest BCUT2D eigenvalue weighted by Gasteiger charge is 2.40. The molecule has 5 nitrogen and oxygen atoms in total. The Morgan fingerprint density at radius 2 is 1.62 bits per heavy atom. The highest BCUT2D eigenvalue weighted by molar-refractivity contribution is 5.97. The molecule has 1 aliphatic rings. The molecule has 0 spiro atoms. The number of nitrogens with one attached hydrogen (secondary N) is 1. The summed E-state index contributed by atoms with van der Waals surface area (Å²) >= 11 is 0. The van der Waals surface area contributed by atoms with Crippen LogP contribution in [0.3, 0.4) is 0 Å². The molecule has 1 aromatic rings. The maximum absolute atomic E-state index is 13.3. The van der Waals surface area contributed by atoms with Gasteiger partial charge in [0.05, 0.1) is 0 Å². The third kappa shape index (κ3) is 8.40. The second-order valence-electron chi connectivity index (χ2n) is 10.7. The number of ether oxygens (including phenoxy) is 2. The first kappa shape index (κ1) is 26.7. The van der Waals surface area contributed by atoms with E-state index in [0.717, 1.165) is 42.9 Å². The van der Waals surface area contributed by atoms with Crippen molar-refractivity contribution in [1.29, 1.82) is 0 Å². The van der Waals surface area contributed by atoms with Gasteiger partial charge in [-0.3, -0.25) is 9.69 Å². The van der Waals surface area contributed by atoms with Crippen molar-refractivity contribution < 1.29 is 14.3 Å². The van der Waals surface area contributed by atoms with E-state index >= 15 is 0 Å². The maximum atomic E-state index is 13.3. The summed E-state index contributed by atoms with van der Waals surface area (Å²) in [6.07, 6.45) is 2.74. The number of nitrogens with zero attached hydrogens (tertiary/aromatic N) is 1. The lowest BCUT2D eigenvalue weighted by Crippen LogP contribution is -2.47. The lowest BCUT2D eigenvalue weighted by atomic mass is 9.83. The van der Waals surface area contributed by atoms with Gasteiger partial charge in [0.2, 0.25) is 0 Å². The van der Waals surface area contributed by atoms with Gasteiger partial charge in [0, 0.05) is 31.9 Å². The van der Waals surface area contributed by atoms with E-state index in [9.17, 15) is 4.79 Å². The van der Waals surface area contributed by atoms with Crippen LogP contribution in [0.2, 0.25) is 0 Å². The van der Waals surface area contributed by atoms with E-state index < -0.39 is 5.60 Å². The van der Waals surface area contributed by atoms with Crippen molar-refractivity contribution in [3.8, 4) is 5.75 Å². The molecule has 1 saturated heterocycles. The Morgan fingerprint density at radius 3 is 2.12 bits per heavy atom. The van der Waals surface area contributed by atoms with Gasteiger partial charge < -0.3 is 14.8 Å². The first-order valence-electron chi connectivity index (χ1n) is 12.5. The molecule has 1 aliphatic heterocycles. The number of hydrogen-bond donors (Lipinski definition) is 1. The Labute approximate surface area is 196 Å². The largest absolute Gasteiger partial charge is 0.492 e. The van der Waals surface area contributed by atoms with E-state index in [4.69, 9.17) is 9.47 Å². The van der Waals surface area contributed by atoms with Crippen LogP contribution in [-0.4, -0.2) is 49.3 Å². The first-order valence-corrected chi connectivity index (χ1v) is 12.5. The quantitative estimate of drug-likeness (QED) is 0.438. The van der Waals surface area contributed by atoms with E-state index in [1.54, 1.807) is 0 Å². The number of likely N-dealkylation sites (tertiary alicyclic amines) is 1. The van der Waals surface area contributed by atoms with Gasteiger partial charge in [0.25, 0.3) is 5.91 Å².